The van der Waals surface area contributed by atoms with E-state index < -0.39 is 29.2 Å². The van der Waals surface area contributed by atoms with Crippen LogP contribution in [0.25, 0.3) is 0 Å². The second-order valence-electron chi connectivity index (χ2n) is 4.09. The van der Waals surface area contributed by atoms with Gasteiger partial charge in [0, 0.05) is 5.56 Å². The van der Waals surface area contributed by atoms with E-state index >= 15 is 0 Å². The largest absolute Gasteiger partial charge is 0.416 e. The number of halogens is 5. The standard InChI is InChI=1S/C14H11F4N.ClH/c15-11-8-4-7-10(14(16,17)18)12(11)13(19)9-5-2-1-3-6-9;/h1-8,13H,19H2;1H. The molecular formula is C14H12ClF4N. The molecule has 2 rings (SSSR count). The summed E-state index contributed by atoms with van der Waals surface area (Å²) in [6, 6.07) is 9.82. The Kier molecular flexibility index (Phi) is 5.14. The summed E-state index contributed by atoms with van der Waals surface area (Å²) in [5.74, 6) is -0.953. The highest BCUT2D eigenvalue weighted by atomic mass is 35.5. The monoisotopic (exact) mass is 305 g/mol. The number of benzene rings is 2. The molecule has 1 unspecified atom stereocenters. The fourth-order valence-electron chi connectivity index (χ4n) is 1.93. The Bertz CT molecular complexity index is 569. The summed E-state index contributed by atoms with van der Waals surface area (Å²) in [5, 5.41) is 0. The van der Waals surface area contributed by atoms with Gasteiger partial charge in [-0.05, 0) is 17.7 Å². The highest BCUT2D eigenvalue weighted by Gasteiger charge is 2.36. The van der Waals surface area contributed by atoms with Gasteiger partial charge in [0.05, 0.1) is 11.6 Å². The van der Waals surface area contributed by atoms with Crippen LogP contribution in [-0.2, 0) is 6.18 Å². The van der Waals surface area contributed by atoms with Crippen LogP contribution >= 0.6 is 12.4 Å². The molecular weight excluding hydrogens is 294 g/mol. The van der Waals surface area contributed by atoms with E-state index in [1.54, 1.807) is 30.3 Å². The van der Waals surface area contributed by atoms with Crippen LogP contribution in [0.1, 0.15) is 22.7 Å². The van der Waals surface area contributed by atoms with Crippen LogP contribution in [0.15, 0.2) is 48.5 Å². The molecule has 108 valence electrons. The van der Waals surface area contributed by atoms with E-state index in [2.05, 4.69) is 0 Å². The summed E-state index contributed by atoms with van der Waals surface area (Å²) >= 11 is 0. The van der Waals surface area contributed by atoms with Gasteiger partial charge >= 0.3 is 6.18 Å². The zero-order valence-corrected chi connectivity index (χ0v) is 11.0. The predicted octanol–water partition coefficient (Wildman–Crippen LogP) is 4.31. The topological polar surface area (TPSA) is 26.0 Å². The molecule has 0 bridgehead atoms. The van der Waals surface area contributed by atoms with Crippen molar-refractivity contribution in [3.63, 3.8) is 0 Å². The summed E-state index contributed by atoms with van der Waals surface area (Å²) in [7, 11) is 0. The van der Waals surface area contributed by atoms with Crippen LogP contribution < -0.4 is 5.73 Å². The number of hydrogen-bond donors (Lipinski definition) is 1. The number of alkyl halides is 3. The van der Waals surface area contributed by atoms with Gasteiger partial charge in [0.1, 0.15) is 5.82 Å². The van der Waals surface area contributed by atoms with Crippen LogP contribution in [0.5, 0.6) is 0 Å². The van der Waals surface area contributed by atoms with Gasteiger partial charge in [-0.3, -0.25) is 0 Å². The van der Waals surface area contributed by atoms with Gasteiger partial charge in [-0.1, -0.05) is 36.4 Å². The third kappa shape index (κ3) is 3.29. The van der Waals surface area contributed by atoms with Crippen molar-refractivity contribution < 1.29 is 17.6 Å². The lowest BCUT2D eigenvalue weighted by molar-refractivity contribution is -0.138. The van der Waals surface area contributed by atoms with E-state index in [0.717, 1.165) is 18.2 Å². The molecule has 2 N–H and O–H groups in total. The quantitative estimate of drug-likeness (QED) is 0.822. The Morgan fingerprint density at radius 1 is 0.900 bits per heavy atom. The molecule has 20 heavy (non-hydrogen) atoms. The molecule has 0 radical (unpaired) electrons. The smallest absolute Gasteiger partial charge is 0.320 e. The fourth-order valence-corrected chi connectivity index (χ4v) is 1.93. The van der Waals surface area contributed by atoms with Crippen LogP contribution in [0.4, 0.5) is 17.6 Å². The number of nitrogens with two attached hydrogens (primary N) is 1. The molecule has 0 aliphatic rings. The van der Waals surface area contributed by atoms with Crippen molar-refractivity contribution in [2.24, 2.45) is 5.73 Å². The molecule has 0 amide bonds. The van der Waals surface area contributed by atoms with Crippen molar-refractivity contribution in [1.29, 1.82) is 0 Å². The van der Waals surface area contributed by atoms with Crippen LogP contribution in [0.3, 0.4) is 0 Å². The third-order valence-electron chi connectivity index (χ3n) is 2.83. The summed E-state index contributed by atoms with van der Waals surface area (Å²) in [5.41, 5.74) is 4.64. The lowest BCUT2D eigenvalue weighted by Gasteiger charge is -2.19. The average molecular weight is 306 g/mol. The Labute approximate surface area is 119 Å². The SMILES string of the molecule is Cl.NC(c1ccccc1)c1c(F)cccc1C(F)(F)F. The Morgan fingerprint density at radius 2 is 1.50 bits per heavy atom. The summed E-state index contributed by atoms with van der Waals surface area (Å²) in [4.78, 5) is 0. The van der Waals surface area contributed by atoms with Gasteiger partial charge in [0.2, 0.25) is 0 Å². The fraction of sp³-hybridized carbons (Fsp3) is 0.143. The Hall–Kier alpha value is -1.59. The molecule has 0 saturated heterocycles. The van der Waals surface area contributed by atoms with E-state index in [9.17, 15) is 17.6 Å². The van der Waals surface area contributed by atoms with Crippen molar-refractivity contribution in [1.82, 2.24) is 0 Å². The van der Waals surface area contributed by atoms with E-state index in [-0.39, 0.29) is 12.4 Å². The van der Waals surface area contributed by atoms with E-state index in [0.29, 0.717) is 5.56 Å². The maximum atomic E-state index is 13.7. The third-order valence-corrected chi connectivity index (χ3v) is 2.83. The summed E-state index contributed by atoms with van der Waals surface area (Å²) in [6.07, 6.45) is -4.64. The molecule has 2 aromatic rings. The van der Waals surface area contributed by atoms with Gasteiger partial charge in [-0.25, -0.2) is 4.39 Å². The van der Waals surface area contributed by atoms with Crippen molar-refractivity contribution >= 4 is 12.4 Å². The summed E-state index contributed by atoms with van der Waals surface area (Å²) < 4.78 is 52.4. The van der Waals surface area contributed by atoms with E-state index in [1.807, 2.05) is 0 Å². The lowest BCUT2D eigenvalue weighted by Crippen LogP contribution is -2.20. The van der Waals surface area contributed by atoms with Crippen molar-refractivity contribution in [2.75, 3.05) is 0 Å². The van der Waals surface area contributed by atoms with Gasteiger partial charge in [-0.2, -0.15) is 13.2 Å². The molecule has 0 aliphatic heterocycles. The number of rotatable bonds is 2. The van der Waals surface area contributed by atoms with Gasteiger partial charge in [-0.15, -0.1) is 12.4 Å². The van der Waals surface area contributed by atoms with Crippen molar-refractivity contribution in [3.8, 4) is 0 Å². The Balaban J connectivity index is 0.00000200. The maximum absolute atomic E-state index is 13.7. The van der Waals surface area contributed by atoms with E-state index in [4.69, 9.17) is 5.73 Å². The molecule has 0 aromatic heterocycles. The molecule has 0 spiro atoms. The lowest BCUT2D eigenvalue weighted by atomic mass is 9.94. The molecule has 2 aromatic carbocycles. The van der Waals surface area contributed by atoms with Crippen LogP contribution in [-0.4, -0.2) is 0 Å². The van der Waals surface area contributed by atoms with Gasteiger partial charge in [0.15, 0.2) is 0 Å². The highest BCUT2D eigenvalue weighted by molar-refractivity contribution is 5.85. The molecule has 0 saturated carbocycles. The summed E-state index contributed by atoms with van der Waals surface area (Å²) in [6.45, 7) is 0. The molecule has 6 heteroatoms. The van der Waals surface area contributed by atoms with Crippen molar-refractivity contribution in [2.45, 2.75) is 12.2 Å². The predicted molar refractivity (Wildman–Crippen MR) is 71.1 cm³/mol. The second kappa shape index (κ2) is 6.24. The first-order chi connectivity index (χ1) is 8.91. The highest BCUT2D eigenvalue weighted by Crippen LogP contribution is 2.36. The maximum Gasteiger partial charge on any atom is 0.416 e. The molecule has 0 heterocycles. The minimum atomic E-state index is -4.64. The number of hydrogen-bond acceptors (Lipinski definition) is 1. The normalized spacial score (nSPS) is 12.7. The van der Waals surface area contributed by atoms with Crippen molar-refractivity contribution in [3.05, 3.63) is 71.0 Å². The second-order valence-corrected chi connectivity index (χ2v) is 4.09. The van der Waals surface area contributed by atoms with Crippen LogP contribution in [0.2, 0.25) is 0 Å². The Morgan fingerprint density at radius 3 is 2.05 bits per heavy atom. The molecule has 1 atom stereocenters. The van der Waals surface area contributed by atoms with Crippen LogP contribution in [0, 0.1) is 5.82 Å². The van der Waals surface area contributed by atoms with Gasteiger partial charge < -0.3 is 5.73 Å². The van der Waals surface area contributed by atoms with Gasteiger partial charge in [0.25, 0.3) is 0 Å². The minimum absolute atomic E-state index is 0. The molecule has 1 nitrogen and oxygen atoms in total. The average Bonchev–Trinajstić information content (AvgIpc) is 2.37. The zero-order chi connectivity index (χ0) is 14.0. The first-order valence-corrected chi connectivity index (χ1v) is 5.57. The zero-order valence-electron chi connectivity index (χ0n) is 10.2. The first kappa shape index (κ1) is 16.5. The molecule has 0 fully saturated rings. The first-order valence-electron chi connectivity index (χ1n) is 5.57. The molecule has 0 aliphatic carbocycles. The minimum Gasteiger partial charge on any atom is -0.320 e. The van der Waals surface area contributed by atoms with E-state index in [1.165, 1.54) is 0 Å².